The van der Waals surface area contributed by atoms with E-state index >= 15 is 0 Å². The third kappa shape index (κ3) is 1.42. The summed E-state index contributed by atoms with van der Waals surface area (Å²) >= 11 is 0. The van der Waals surface area contributed by atoms with Crippen molar-refractivity contribution in [1.82, 2.24) is 9.55 Å². The van der Waals surface area contributed by atoms with Crippen molar-refractivity contribution in [2.45, 2.75) is 6.92 Å². The molecule has 0 radical (unpaired) electrons. The van der Waals surface area contributed by atoms with Crippen LogP contribution in [0.2, 0.25) is 0 Å². The molecule has 0 amide bonds. The van der Waals surface area contributed by atoms with Crippen molar-refractivity contribution in [3.05, 3.63) is 34.4 Å². The van der Waals surface area contributed by atoms with Gasteiger partial charge in [0, 0.05) is 12.6 Å². The van der Waals surface area contributed by atoms with E-state index in [1.54, 1.807) is 19.2 Å². The maximum atomic E-state index is 11.4. The van der Waals surface area contributed by atoms with E-state index in [4.69, 9.17) is 14.6 Å². The van der Waals surface area contributed by atoms with E-state index in [2.05, 4.69) is 4.98 Å². The number of hydrogen-bond acceptors (Lipinski definition) is 5. The van der Waals surface area contributed by atoms with Crippen molar-refractivity contribution >= 4 is 17.1 Å². The predicted octanol–water partition coefficient (Wildman–Crippen LogP) is 1.68. The molecule has 0 saturated heterocycles. The Morgan fingerprint density at radius 3 is 2.78 bits per heavy atom. The lowest BCUT2D eigenvalue weighted by atomic mass is 10.1. The van der Waals surface area contributed by atoms with Gasteiger partial charge in [-0.05, 0) is 25.1 Å². The molecule has 2 N–H and O–H groups in total. The summed E-state index contributed by atoms with van der Waals surface area (Å²) in [5, 5.41) is 0. The first-order valence-corrected chi connectivity index (χ1v) is 5.39. The molecule has 2 heterocycles. The molecule has 92 valence electrons. The molecule has 0 spiro atoms. The summed E-state index contributed by atoms with van der Waals surface area (Å²) in [4.78, 5) is 15.4. The van der Waals surface area contributed by atoms with Crippen LogP contribution in [0.25, 0.3) is 22.4 Å². The Hall–Kier alpha value is -2.50. The number of rotatable bonds is 1. The molecule has 6 nitrogen and oxygen atoms in total. The van der Waals surface area contributed by atoms with Crippen molar-refractivity contribution < 1.29 is 8.83 Å². The minimum Gasteiger partial charge on any atom is -0.423 e. The number of nitrogens with zero attached hydrogens (tertiary/aromatic N) is 2. The fourth-order valence-corrected chi connectivity index (χ4v) is 1.95. The average Bonchev–Trinajstić information content (AvgIpc) is 2.80. The zero-order valence-electron chi connectivity index (χ0n) is 9.93. The fraction of sp³-hybridized carbons (Fsp3) is 0.167. The Labute approximate surface area is 102 Å². The van der Waals surface area contributed by atoms with Crippen LogP contribution in [0.3, 0.4) is 0 Å². The number of benzene rings is 1. The van der Waals surface area contributed by atoms with E-state index in [1.807, 2.05) is 13.0 Å². The Balaban J connectivity index is 2.28. The van der Waals surface area contributed by atoms with E-state index < -0.39 is 5.76 Å². The molecule has 0 saturated carbocycles. The van der Waals surface area contributed by atoms with Gasteiger partial charge in [-0.25, -0.2) is 4.79 Å². The standard InChI is InChI=1S/C12H11N3O3/c1-6-10(18-11(13)14-6)7-3-4-9-8(5-7)15(2)12(16)17-9/h3-5H,1-2H3,(H2,13,14). The van der Waals surface area contributed by atoms with Gasteiger partial charge >= 0.3 is 5.76 Å². The number of anilines is 1. The summed E-state index contributed by atoms with van der Waals surface area (Å²) in [5.74, 6) is 0.207. The molecular formula is C12H11N3O3. The Morgan fingerprint density at radius 2 is 2.11 bits per heavy atom. The molecule has 3 rings (SSSR count). The molecule has 2 aromatic heterocycles. The molecule has 18 heavy (non-hydrogen) atoms. The van der Waals surface area contributed by atoms with Gasteiger partial charge in [-0.1, -0.05) is 0 Å². The largest absolute Gasteiger partial charge is 0.423 e. The lowest BCUT2D eigenvalue weighted by molar-refractivity contribution is 0.528. The molecule has 0 aliphatic rings. The quantitative estimate of drug-likeness (QED) is 0.704. The third-order valence-corrected chi connectivity index (χ3v) is 2.87. The first-order valence-electron chi connectivity index (χ1n) is 5.39. The van der Waals surface area contributed by atoms with Crippen molar-refractivity contribution in [3.8, 4) is 11.3 Å². The molecular weight excluding hydrogens is 234 g/mol. The van der Waals surface area contributed by atoms with Gasteiger partial charge in [0.05, 0.1) is 11.2 Å². The van der Waals surface area contributed by atoms with Gasteiger partial charge in [-0.15, -0.1) is 0 Å². The lowest BCUT2D eigenvalue weighted by Gasteiger charge is -1.98. The molecule has 0 bridgehead atoms. The van der Waals surface area contributed by atoms with Gasteiger partial charge in [0.2, 0.25) is 0 Å². The summed E-state index contributed by atoms with van der Waals surface area (Å²) in [6.07, 6.45) is 0. The van der Waals surface area contributed by atoms with Gasteiger partial charge in [0.15, 0.2) is 11.3 Å². The van der Waals surface area contributed by atoms with Crippen LogP contribution in [-0.2, 0) is 7.05 Å². The molecule has 3 aromatic rings. The molecule has 0 aliphatic heterocycles. The molecule has 0 aliphatic carbocycles. The smallest absolute Gasteiger partial charge is 0.419 e. The summed E-state index contributed by atoms with van der Waals surface area (Å²) in [5.41, 5.74) is 8.27. The molecule has 1 aromatic carbocycles. The fourth-order valence-electron chi connectivity index (χ4n) is 1.95. The summed E-state index contributed by atoms with van der Waals surface area (Å²) in [6, 6.07) is 5.47. The van der Waals surface area contributed by atoms with Crippen LogP contribution in [0.1, 0.15) is 5.69 Å². The van der Waals surface area contributed by atoms with E-state index in [0.717, 1.165) is 5.56 Å². The van der Waals surface area contributed by atoms with Gasteiger partial charge in [0.1, 0.15) is 0 Å². The van der Waals surface area contributed by atoms with Crippen LogP contribution in [0.15, 0.2) is 31.8 Å². The summed E-state index contributed by atoms with van der Waals surface area (Å²) < 4.78 is 11.8. The van der Waals surface area contributed by atoms with Gasteiger partial charge in [-0.2, -0.15) is 4.98 Å². The highest BCUT2D eigenvalue weighted by atomic mass is 16.4. The summed E-state index contributed by atoms with van der Waals surface area (Å²) in [7, 11) is 1.65. The van der Waals surface area contributed by atoms with Crippen LogP contribution < -0.4 is 11.5 Å². The van der Waals surface area contributed by atoms with E-state index in [1.165, 1.54) is 4.57 Å². The van der Waals surface area contributed by atoms with Crippen LogP contribution in [0, 0.1) is 6.92 Å². The molecule has 0 unspecified atom stereocenters. The highest BCUT2D eigenvalue weighted by Gasteiger charge is 2.13. The van der Waals surface area contributed by atoms with Gasteiger partial charge in [0.25, 0.3) is 6.01 Å². The minimum atomic E-state index is -0.393. The van der Waals surface area contributed by atoms with Crippen LogP contribution >= 0.6 is 0 Å². The molecule has 0 atom stereocenters. The zero-order chi connectivity index (χ0) is 12.9. The number of aromatic nitrogens is 2. The van der Waals surface area contributed by atoms with E-state index in [9.17, 15) is 4.79 Å². The normalized spacial score (nSPS) is 11.2. The maximum absolute atomic E-state index is 11.4. The SMILES string of the molecule is Cc1nc(N)oc1-c1ccc2oc(=O)n(C)c2c1. The highest BCUT2D eigenvalue weighted by molar-refractivity contribution is 5.79. The maximum Gasteiger partial charge on any atom is 0.419 e. The topological polar surface area (TPSA) is 87.2 Å². The second-order valence-electron chi connectivity index (χ2n) is 4.08. The number of nitrogens with two attached hydrogens (primary N) is 1. The number of hydrogen-bond donors (Lipinski definition) is 1. The molecule has 0 fully saturated rings. The van der Waals surface area contributed by atoms with Crippen molar-refractivity contribution in [1.29, 1.82) is 0 Å². The number of fused-ring (bicyclic) bond motifs is 1. The van der Waals surface area contributed by atoms with Crippen molar-refractivity contribution in [2.75, 3.05) is 5.73 Å². The summed E-state index contributed by atoms with van der Waals surface area (Å²) in [6.45, 7) is 1.81. The van der Waals surface area contributed by atoms with E-state index in [0.29, 0.717) is 22.6 Å². The van der Waals surface area contributed by atoms with Gasteiger partial charge < -0.3 is 14.6 Å². The van der Waals surface area contributed by atoms with Crippen molar-refractivity contribution in [3.63, 3.8) is 0 Å². The zero-order valence-corrected chi connectivity index (χ0v) is 9.93. The van der Waals surface area contributed by atoms with Crippen LogP contribution in [-0.4, -0.2) is 9.55 Å². The Kier molecular flexibility index (Phi) is 2.07. The number of aryl methyl sites for hydroxylation is 2. The first-order chi connectivity index (χ1) is 8.56. The lowest BCUT2D eigenvalue weighted by Crippen LogP contribution is -2.08. The molecule has 6 heteroatoms. The van der Waals surface area contributed by atoms with Crippen LogP contribution in [0.5, 0.6) is 0 Å². The number of oxazole rings is 2. The average molecular weight is 245 g/mol. The van der Waals surface area contributed by atoms with E-state index in [-0.39, 0.29) is 6.01 Å². The van der Waals surface area contributed by atoms with Crippen molar-refractivity contribution in [2.24, 2.45) is 7.05 Å². The third-order valence-electron chi connectivity index (χ3n) is 2.87. The monoisotopic (exact) mass is 245 g/mol. The minimum absolute atomic E-state index is 0.128. The van der Waals surface area contributed by atoms with Gasteiger partial charge in [-0.3, -0.25) is 4.57 Å². The number of nitrogen functional groups attached to an aromatic ring is 1. The van der Waals surface area contributed by atoms with Crippen LogP contribution in [0.4, 0.5) is 6.01 Å². The highest BCUT2D eigenvalue weighted by Crippen LogP contribution is 2.28. The Bertz CT molecular complexity index is 795. The second-order valence-corrected chi connectivity index (χ2v) is 4.08. The Morgan fingerprint density at radius 1 is 1.33 bits per heavy atom. The first kappa shape index (κ1) is 10.6. The second kappa shape index (κ2) is 3.49. The predicted molar refractivity (Wildman–Crippen MR) is 66.1 cm³/mol.